The van der Waals surface area contributed by atoms with Gasteiger partial charge in [-0.15, -0.1) is 0 Å². The predicted molar refractivity (Wildman–Crippen MR) is 83.6 cm³/mol. The van der Waals surface area contributed by atoms with Gasteiger partial charge in [0.05, 0.1) is 0 Å². The fourth-order valence-electron chi connectivity index (χ4n) is 2.42. The second-order valence-electron chi connectivity index (χ2n) is 5.31. The lowest BCUT2D eigenvalue weighted by molar-refractivity contribution is 0.135. The zero-order valence-electron chi connectivity index (χ0n) is 13.8. The Hall–Kier alpha value is -1.13. The Kier molecular flexibility index (Phi) is 8.31. The summed E-state index contributed by atoms with van der Waals surface area (Å²) in [5, 5.41) is 0. The Labute approximate surface area is 127 Å². The highest BCUT2D eigenvalue weighted by Gasteiger charge is 2.18. The Balaban J connectivity index is 3.28. The van der Waals surface area contributed by atoms with Gasteiger partial charge in [-0.3, -0.25) is 4.79 Å². The van der Waals surface area contributed by atoms with Gasteiger partial charge < -0.3 is 13.9 Å². The van der Waals surface area contributed by atoms with E-state index >= 15 is 0 Å². The van der Waals surface area contributed by atoms with Gasteiger partial charge in [-0.1, -0.05) is 26.7 Å². The third-order valence-electron chi connectivity index (χ3n) is 3.58. The van der Waals surface area contributed by atoms with Crippen molar-refractivity contribution < 1.29 is 13.9 Å². The zero-order chi connectivity index (χ0) is 15.7. The molecule has 0 aliphatic carbocycles. The van der Waals surface area contributed by atoms with Gasteiger partial charge in [0, 0.05) is 25.3 Å². The molecule has 0 aliphatic heterocycles. The Bertz CT molecular complexity index is 437. The first-order chi connectivity index (χ1) is 10.2. The van der Waals surface area contributed by atoms with Crippen LogP contribution in [0.3, 0.4) is 0 Å². The van der Waals surface area contributed by atoms with Crippen molar-refractivity contribution in [2.24, 2.45) is 0 Å². The summed E-state index contributed by atoms with van der Waals surface area (Å²) in [5.41, 5.74) is 1.69. The summed E-state index contributed by atoms with van der Waals surface area (Å²) < 4.78 is 16.3. The van der Waals surface area contributed by atoms with Crippen molar-refractivity contribution in [1.29, 1.82) is 0 Å². The molecule has 120 valence electrons. The molecule has 0 aliphatic rings. The molecule has 1 rings (SSSR count). The molecule has 1 heterocycles. The molecule has 1 aromatic rings. The number of rotatable bonds is 10. The molecule has 0 amide bonds. The van der Waals surface area contributed by atoms with Gasteiger partial charge >= 0.3 is 0 Å². The minimum Gasteiger partial charge on any atom is -0.460 e. The molecule has 0 unspecified atom stereocenters. The van der Waals surface area contributed by atoms with Gasteiger partial charge in [0.2, 0.25) is 0 Å². The molecular weight excluding hydrogens is 268 g/mol. The van der Waals surface area contributed by atoms with Crippen molar-refractivity contribution in [3.05, 3.63) is 32.9 Å². The van der Waals surface area contributed by atoms with Crippen LogP contribution in [0.2, 0.25) is 0 Å². The SMILES string of the molecule is CCCCc1c(COC)oc(COC)c(CCCC)c1=O. The molecule has 0 spiro atoms. The van der Waals surface area contributed by atoms with Crippen molar-refractivity contribution in [1.82, 2.24) is 0 Å². The maximum Gasteiger partial charge on any atom is 0.191 e. The first-order valence-corrected chi connectivity index (χ1v) is 7.83. The van der Waals surface area contributed by atoms with Gasteiger partial charge in [0.15, 0.2) is 5.43 Å². The molecule has 0 atom stereocenters. The van der Waals surface area contributed by atoms with E-state index in [2.05, 4.69) is 13.8 Å². The van der Waals surface area contributed by atoms with Crippen molar-refractivity contribution in [2.75, 3.05) is 14.2 Å². The predicted octanol–water partition coefficient (Wildman–Crippen LogP) is 3.62. The summed E-state index contributed by atoms with van der Waals surface area (Å²) in [5.74, 6) is 1.31. The van der Waals surface area contributed by atoms with E-state index in [-0.39, 0.29) is 5.43 Å². The van der Waals surface area contributed by atoms with E-state index in [0.717, 1.165) is 49.7 Å². The van der Waals surface area contributed by atoms with Crippen LogP contribution in [0.25, 0.3) is 0 Å². The topological polar surface area (TPSA) is 48.7 Å². The lowest BCUT2D eigenvalue weighted by Gasteiger charge is -2.14. The van der Waals surface area contributed by atoms with Crippen molar-refractivity contribution in [2.45, 2.75) is 65.6 Å². The minimum absolute atomic E-state index is 0.127. The monoisotopic (exact) mass is 296 g/mol. The minimum atomic E-state index is 0.127. The van der Waals surface area contributed by atoms with Crippen molar-refractivity contribution in [3.8, 4) is 0 Å². The highest BCUT2D eigenvalue weighted by Crippen LogP contribution is 2.18. The fourth-order valence-corrected chi connectivity index (χ4v) is 2.42. The number of hydrogen-bond acceptors (Lipinski definition) is 4. The molecule has 4 heteroatoms. The van der Waals surface area contributed by atoms with E-state index < -0.39 is 0 Å². The van der Waals surface area contributed by atoms with Gasteiger partial charge in [0.1, 0.15) is 24.7 Å². The van der Waals surface area contributed by atoms with Crippen LogP contribution in [0.15, 0.2) is 9.21 Å². The van der Waals surface area contributed by atoms with E-state index in [9.17, 15) is 4.79 Å². The molecule has 0 aromatic carbocycles. The number of ether oxygens (including phenoxy) is 2. The summed E-state index contributed by atoms with van der Waals surface area (Å²) in [4.78, 5) is 12.8. The highest BCUT2D eigenvalue weighted by molar-refractivity contribution is 5.28. The van der Waals surface area contributed by atoms with Gasteiger partial charge in [-0.05, 0) is 25.7 Å². The van der Waals surface area contributed by atoms with Crippen molar-refractivity contribution >= 4 is 0 Å². The molecule has 0 N–H and O–H groups in total. The lowest BCUT2D eigenvalue weighted by atomic mass is 10.00. The fraction of sp³-hybridized carbons (Fsp3) is 0.706. The summed E-state index contributed by atoms with van der Waals surface area (Å²) >= 11 is 0. The number of unbranched alkanes of at least 4 members (excludes halogenated alkanes) is 2. The molecule has 0 fully saturated rings. The molecule has 21 heavy (non-hydrogen) atoms. The Morgan fingerprint density at radius 3 is 1.62 bits per heavy atom. The second-order valence-corrected chi connectivity index (χ2v) is 5.31. The Morgan fingerprint density at radius 2 is 1.29 bits per heavy atom. The highest BCUT2D eigenvalue weighted by atomic mass is 16.5. The molecular formula is C17H28O4. The quantitative estimate of drug-likeness (QED) is 0.661. The van der Waals surface area contributed by atoms with E-state index in [1.165, 1.54) is 0 Å². The molecule has 4 nitrogen and oxygen atoms in total. The summed E-state index contributed by atoms with van der Waals surface area (Å²) in [6.07, 6.45) is 5.58. The molecule has 0 saturated heterocycles. The summed E-state index contributed by atoms with van der Waals surface area (Å²) in [6, 6.07) is 0. The van der Waals surface area contributed by atoms with Crippen LogP contribution in [0.1, 0.15) is 62.2 Å². The van der Waals surface area contributed by atoms with E-state index in [4.69, 9.17) is 13.9 Å². The summed E-state index contributed by atoms with van der Waals surface area (Å²) in [7, 11) is 3.23. The number of hydrogen-bond donors (Lipinski definition) is 0. The zero-order valence-corrected chi connectivity index (χ0v) is 13.8. The maximum atomic E-state index is 12.8. The van der Waals surface area contributed by atoms with Crippen LogP contribution >= 0.6 is 0 Å². The average molecular weight is 296 g/mol. The largest absolute Gasteiger partial charge is 0.460 e. The van der Waals surface area contributed by atoms with Crippen LogP contribution in [-0.2, 0) is 35.5 Å². The van der Waals surface area contributed by atoms with Gasteiger partial charge in [-0.2, -0.15) is 0 Å². The van der Waals surface area contributed by atoms with E-state index in [1.54, 1.807) is 14.2 Å². The standard InChI is InChI=1S/C17H28O4/c1-5-7-9-13-15(11-19-3)21-16(12-20-4)14(17(13)18)10-8-6-2/h5-12H2,1-4H3. The first kappa shape index (κ1) is 17.9. The van der Waals surface area contributed by atoms with Gasteiger partial charge in [-0.25, -0.2) is 0 Å². The summed E-state index contributed by atoms with van der Waals surface area (Å²) in [6.45, 7) is 4.90. The van der Waals surface area contributed by atoms with Gasteiger partial charge in [0.25, 0.3) is 0 Å². The van der Waals surface area contributed by atoms with Crippen LogP contribution in [0.5, 0.6) is 0 Å². The molecule has 0 bridgehead atoms. The van der Waals surface area contributed by atoms with Crippen molar-refractivity contribution in [3.63, 3.8) is 0 Å². The lowest BCUT2D eigenvalue weighted by Crippen LogP contribution is -2.21. The van der Waals surface area contributed by atoms with Crippen LogP contribution in [0, 0.1) is 0 Å². The van der Waals surface area contributed by atoms with Crippen LogP contribution in [0.4, 0.5) is 0 Å². The third kappa shape index (κ3) is 4.97. The third-order valence-corrected chi connectivity index (χ3v) is 3.58. The van der Waals surface area contributed by atoms with E-state index in [0.29, 0.717) is 24.7 Å². The molecule has 0 radical (unpaired) electrons. The normalized spacial score (nSPS) is 11.0. The number of methoxy groups -OCH3 is 2. The van der Waals surface area contributed by atoms with Crippen LogP contribution in [-0.4, -0.2) is 14.2 Å². The molecule has 0 saturated carbocycles. The molecule has 1 aromatic heterocycles. The smallest absolute Gasteiger partial charge is 0.191 e. The average Bonchev–Trinajstić information content (AvgIpc) is 2.47. The second kappa shape index (κ2) is 9.74. The first-order valence-electron chi connectivity index (χ1n) is 7.83. The Morgan fingerprint density at radius 1 is 0.857 bits per heavy atom. The van der Waals surface area contributed by atoms with E-state index in [1.807, 2.05) is 0 Å². The maximum absolute atomic E-state index is 12.8. The van der Waals surface area contributed by atoms with Crippen LogP contribution < -0.4 is 5.43 Å².